The van der Waals surface area contributed by atoms with Crippen LogP contribution in [0.2, 0.25) is 0 Å². The molecule has 2 heteroatoms. The van der Waals surface area contributed by atoms with Crippen molar-refractivity contribution >= 4 is 22.0 Å². The normalized spacial score (nSPS) is 11.9. The van der Waals surface area contributed by atoms with E-state index < -0.39 is 0 Å². The first-order chi connectivity index (χ1) is 6.63. The van der Waals surface area contributed by atoms with Gasteiger partial charge >= 0.3 is 0 Å². The van der Waals surface area contributed by atoms with Crippen LogP contribution in [0.15, 0.2) is 28.2 Å². The third-order valence-corrected chi connectivity index (χ3v) is 2.94. The Morgan fingerprint density at radius 3 is 2.79 bits per heavy atom. The van der Waals surface area contributed by atoms with Crippen LogP contribution in [-0.4, -0.2) is 13.6 Å². The number of rotatable bonds is 3. The average molecular weight is 254 g/mol. The fourth-order valence-electron chi connectivity index (χ4n) is 1.37. The van der Waals surface area contributed by atoms with Gasteiger partial charge in [0, 0.05) is 11.0 Å². The van der Waals surface area contributed by atoms with E-state index in [9.17, 15) is 0 Å². The summed E-state index contributed by atoms with van der Waals surface area (Å²) in [6.45, 7) is 5.18. The van der Waals surface area contributed by atoms with Crippen molar-refractivity contribution in [3.63, 3.8) is 0 Å². The molecule has 0 aliphatic carbocycles. The molecule has 1 aromatic carbocycles. The van der Waals surface area contributed by atoms with E-state index in [-0.39, 0.29) is 0 Å². The van der Waals surface area contributed by atoms with Gasteiger partial charge in [0.2, 0.25) is 0 Å². The highest BCUT2D eigenvalue weighted by Crippen LogP contribution is 2.18. The summed E-state index contributed by atoms with van der Waals surface area (Å²) >= 11 is 3.49. The van der Waals surface area contributed by atoms with Gasteiger partial charge in [0.1, 0.15) is 0 Å². The largest absolute Gasteiger partial charge is 0.316 e. The highest BCUT2D eigenvalue weighted by Gasteiger charge is 1.95. The lowest BCUT2D eigenvalue weighted by molar-refractivity contribution is 0.884. The van der Waals surface area contributed by atoms with Crippen LogP contribution in [-0.2, 0) is 0 Å². The van der Waals surface area contributed by atoms with Crippen molar-refractivity contribution in [2.75, 3.05) is 13.6 Å². The number of hydrogen-bond donors (Lipinski definition) is 1. The highest BCUT2D eigenvalue weighted by atomic mass is 79.9. The molecule has 0 heterocycles. The van der Waals surface area contributed by atoms with E-state index in [0.29, 0.717) is 0 Å². The van der Waals surface area contributed by atoms with Gasteiger partial charge in [0.15, 0.2) is 0 Å². The molecule has 0 fully saturated rings. The van der Waals surface area contributed by atoms with Gasteiger partial charge < -0.3 is 5.32 Å². The maximum atomic E-state index is 3.49. The zero-order valence-electron chi connectivity index (χ0n) is 8.89. The van der Waals surface area contributed by atoms with E-state index in [1.54, 1.807) is 0 Å². The van der Waals surface area contributed by atoms with E-state index in [1.807, 2.05) is 7.05 Å². The van der Waals surface area contributed by atoms with E-state index in [2.05, 4.69) is 59.4 Å². The molecule has 14 heavy (non-hydrogen) atoms. The van der Waals surface area contributed by atoms with Crippen molar-refractivity contribution < 1.29 is 0 Å². The minimum atomic E-state index is 0.940. The Balaban J connectivity index is 2.87. The summed E-state index contributed by atoms with van der Waals surface area (Å²) in [5.41, 5.74) is 3.88. The second-order valence-electron chi connectivity index (χ2n) is 3.53. The predicted octanol–water partition coefficient (Wildman–Crippen LogP) is 3.38. The lowest BCUT2D eigenvalue weighted by Gasteiger charge is -2.02. The Bertz CT molecular complexity index is 342. The first-order valence-corrected chi connectivity index (χ1v) is 5.50. The molecule has 0 aliphatic rings. The van der Waals surface area contributed by atoms with Gasteiger partial charge in [0.25, 0.3) is 0 Å². The van der Waals surface area contributed by atoms with E-state index in [4.69, 9.17) is 0 Å². The molecule has 0 radical (unpaired) electrons. The van der Waals surface area contributed by atoms with Crippen LogP contribution in [0.4, 0.5) is 0 Å². The maximum absolute atomic E-state index is 3.49. The minimum absolute atomic E-state index is 0.940. The summed E-state index contributed by atoms with van der Waals surface area (Å²) in [4.78, 5) is 0. The molecular formula is C12H16BrN. The number of aryl methyl sites for hydroxylation is 1. The molecule has 0 saturated carbocycles. The second kappa shape index (κ2) is 5.32. The van der Waals surface area contributed by atoms with Gasteiger partial charge in [-0.15, -0.1) is 0 Å². The van der Waals surface area contributed by atoms with E-state index >= 15 is 0 Å². The van der Waals surface area contributed by atoms with Gasteiger partial charge in [-0.2, -0.15) is 0 Å². The van der Waals surface area contributed by atoms with Gasteiger partial charge in [-0.1, -0.05) is 39.7 Å². The van der Waals surface area contributed by atoms with Crippen LogP contribution in [0.3, 0.4) is 0 Å². The summed E-state index contributed by atoms with van der Waals surface area (Å²) < 4.78 is 1.17. The van der Waals surface area contributed by atoms with Crippen molar-refractivity contribution in [1.82, 2.24) is 5.32 Å². The Hall–Kier alpha value is -0.600. The molecule has 0 saturated heterocycles. The summed E-state index contributed by atoms with van der Waals surface area (Å²) in [7, 11) is 1.96. The van der Waals surface area contributed by atoms with Crippen LogP contribution in [0.1, 0.15) is 18.1 Å². The Morgan fingerprint density at radius 2 is 2.21 bits per heavy atom. The lowest BCUT2D eigenvalue weighted by Crippen LogP contribution is -2.08. The van der Waals surface area contributed by atoms with Gasteiger partial charge in [0.05, 0.1) is 0 Å². The van der Waals surface area contributed by atoms with Crippen LogP contribution >= 0.6 is 15.9 Å². The quantitative estimate of drug-likeness (QED) is 0.871. The number of likely N-dealkylation sites (N-methyl/N-ethyl adjacent to an activating group) is 1. The van der Waals surface area contributed by atoms with Crippen molar-refractivity contribution in [3.8, 4) is 0 Å². The van der Waals surface area contributed by atoms with Gasteiger partial charge in [-0.25, -0.2) is 0 Å². The fraction of sp³-hybridized carbons (Fsp3) is 0.333. The molecule has 1 aromatic rings. The predicted molar refractivity (Wildman–Crippen MR) is 66.5 cm³/mol. The molecule has 1 nitrogen and oxygen atoms in total. The molecule has 0 amide bonds. The zero-order chi connectivity index (χ0) is 10.6. The molecule has 0 unspecified atom stereocenters. The topological polar surface area (TPSA) is 12.0 Å². The maximum Gasteiger partial charge on any atom is 0.0204 e. The van der Waals surface area contributed by atoms with Crippen LogP contribution in [0.25, 0.3) is 6.08 Å². The standard InChI is InChI=1S/C12H16BrN/c1-9(8-14-3)6-11-4-5-12(13)10(2)7-11/h4-7,14H,8H2,1-3H3/b9-6+. The van der Waals surface area contributed by atoms with E-state index in [1.165, 1.54) is 21.2 Å². The summed E-state index contributed by atoms with van der Waals surface area (Å²) in [5, 5.41) is 3.14. The molecule has 76 valence electrons. The van der Waals surface area contributed by atoms with Crippen LogP contribution < -0.4 is 5.32 Å². The molecular weight excluding hydrogens is 238 g/mol. The van der Waals surface area contributed by atoms with Gasteiger partial charge in [-0.3, -0.25) is 0 Å². The average Bonchev–Trinajstić information content (AvgIpc) is 2.12. The van der Waals surface area contributed by atoms with Crippen molar-refractivity contribution in [2.24, 2.45) is 0 Å². The molecule has 0 bridgehead atoms. The molecule has 0 spiro atoms. The summed E-state index contributed by atoms with van der Waals surface area (Å²) in [5.74, 6) is 0. The smallest absolute Gasteiger partial charge is 0.0204 e. The van der Waals surface area contributed by atoms with Crippen molar-refractivity contribution in [3.05, 3.63) is 39.4 Å². The molecule has 0 aliphatic heterocycles. The molecule has 1 rings (SSSR count). The third kappa shape index (κ3) is 3.28. The second-order valence-corrected chi connectivity index (χ2v) is 4.38. The third-order valence-electron chi connectivity index (χ3n) is 2.05. The highest BCUT2D eigenvalue weighted by molar-refractivity contribution is 9.10. The minimum Gasteiger partial charge on any atom is -0.316 e. The molecule has 1 N–H and O–H groups in total. The first-order valence-electron chi connectivity index (χ1n) is 4.71. The van der Waals surface area contributed by atoms with Gasteiger partial charge in [-0.05, 0) is 38.1 Å². The number of nitrogens with one attached hydrogen (secondary N) is 1. The Kier molecular flexibility index (Phi) is 4.36. The van der Waals surface area contributed by atoms with Crippen LogP contribution in [0.5, 0.6) is 0 Å². The number of halogens is 1. The molecule has 0 atom stereocenters. The van der Waals surface area contributed by atoms with Crippen molar-refractivity contribution in [1.29, 1.82) is 0 Å². The Morgan fingerprint density at radius 1 is 1.50 bits per heavy atom. The lowest BCUT2D eigenvalue weighted by atomic mass is 10.1. The number of hydrogen-bond acceptors (Lipinski definition) is 1. The van der Waals surface area contributed by atoms with Crippen LogP contribution in [0, 0.1) is 6.92 Å². The van der Waals surface area contributed by atoms with Crippen molar-refractivity contribution in [2.45, 2.75) is 13.8 Å². The summed E-state index contributed by atoms with van der Waals surface area (Å²) in [6, 6.07) is 6.40. The Labute approximate surface area is 94.3 Å². The summed E-state index contributed by atoms with van der Waals surface area (Å²) in [6.07, 6.45) is 2.20. The SMILES string of the molecule is CNC/C(C)=C/c1ccc(Br)c(C)c1. The fourth-order valence-corrected chi connectivity index (χ4v) is 1.62. The monoisotopic (exact) mass is 253 g/mol. The zero-order valence-corrected chi connectivity index (χ0v) is 10.5. The first kappa shape index (κ1) is 11.5. The number of benzene rings is 1. The molecule has 0 aromatic heterocycles. The van der Waals surface area contributed by atoms with E-state index in [0.717, 1.165) is 6.54 Å².